The van der Waals surface area contributed by atoms with E-state index in [1.54, 1.807) is 0 Å². The number of piperazine rings is 1. The van der Waals surface area contributed by atoms with Crippen LogP contribution in [0.4, 0.5) is 0 Å². The summed E-state index contributed by atoms with van der Waals surface area (Å²) in [5, 5.41) is 9.13. The number of rotatable bonds is 3. The minimum absolute atomic E-state index is 0.0694. The summed E-state index contributed by atoms with van der Waals surface area (Å²) in [6.07, 6.45) is 1.27. The first-order chi connectivity index (χ1) is 6.61. The molecule has 4 nitrogen and oxygen atoms in total. The van der Waals surface area contributed by atoms with Crippen LogP contribution in [0.25, 0.3) is 0 Å². The molecule has 2 heterocycles. The van der Waals surface area contributed by atoms with E-state index in [4.69, 9.17) is 10.8 Å². The molecule has 2 rings (SSSR count). The van der Waals surface area contributed by atoms with Gasteiger partial charge >= 0.3 is 0 Å². The largest absolute Gasteiger partial charge is 0.394 e. The zero-order valence-electron chi connectivity index (χ0n) is 8.95. The van der Waals surface area contributed by atoms with Crippen LogP contribution in [0.5, 0.6) is 0 Å². The lowest BCUT2D eigenvalue weighted by molar-refractivity contribution is 0.0883. The Bertz CT molecular complexity index is 208. The van der Waals surface area contributed by atoms with Gasteiger partial charge in [-0.15, -0.1) is 0 Å². The van der Waals surface area contributed by atoms with E-state index in [2.05, 4.69) is 9.80 Å². The number of hydrogen-bond acceptors (Lipinski definition) is 4. The fourth-order valence-corrected chi connectivity index (χ4v) is 2.49. The van der Waals surface area contributed by atoms with Gasteiger partial charge in [0.05, 0.1) is 6.61 Å². The molecule has 14 heavy (non-hydrogen) atoms. The molecule has 0 spiro atoms. The smallest absolute Gasteiger partial charge is 0.0621 e. The first kappa shape index (κ1) is 10.4. The van der Waals surface area contributed by atoms with E-state index >= 15 is 0 Å². The van der Waals surface area contributed by atoms with Crippen LogP contribution in [-0.2, 0) is 0 Å². The van der Waals surface area contributed by atoms with Crippen molar-refractivity contribution in [1.82, 2.24) is 9.80 Å². The Morgan fingerprint density at radius 2 is 2.21 bits per heavy atom. The first-order valence-corrected chi connectivity index (χ1v) is 5.47. The Morgan fingerprint density at radius 3 is 2.93 bits per heavy atom. The molecule has 82 valence electrons. The van der Waals surface area contributed by atoms with Crippen molar-refractivity contribution in [3.05, 3.63) is 0 Å². The molecule has 3 atom stereocenters. The average molecular weight is 199 g/mol. The van der Waals surface area contributed by atoms with Crippen LogP contribution < -0.4 is 5.73 Å². The van der Waals surface area contributed by atoms with Gasteiger partial charge in [0.1, 0.15) is 0 Å². The summed E-state index contributed by atoms with van der Waals surface area (Å²) in [7, 11) is 0. The van der Waals surface area contributed by atoms with E-state index in [1.807, 2.05) is 6.92 Å². The van der Waals surface area contributed by atoms with Crippen LogP contribution in [0.3, 0.4) is 0 Å². The van der Waals surface area contributed by atoms with E-state index in [0.29, 0.717) is 6.04 Å². The summed E-state index contributed by atoms with van der Waals surface area (Å²) in [5.41, 5.74) is 5.53. The van der Waals surface area contributed by atoms with Gasteiger partial charge in [0.2, 0.25) is 0 Å². The molecule has 0 amide bonds. The highest BCUT2D eigenvalue weighted by atomic mass is 16.3. The Morgan fingerprint density at radius 1 is 1.43 bits per heavy atom. The van der Waals surface area contributed by atoms with Crippen molar-refractivity contribution in [1.29, 1.82) is 0 Å². The summed E-state index contributed by atoms with van der Waals surface area (Å²) < 4.78 is 0. The molecular formula is C10H21N3O. The summed E-state index contributed by atoms with van der Waals surface area (Å²) in [5.74, 6) is 0. The normalized spacial score (nSPS) is 37.1. The number of aliphatic hydroxyl groups is 1. The van der Waals surface area contributed by atoms with Crippen LogP contribution in [-0.4, -0.2) is 65.8 Å². The molecule has 3 N–H and O–H groups in total. The fourth-order valence-electron chi connectivity index (χ4n) is 2.49. The Kier molecular flexibility index (Phi) is 2.79. The lowest BCUT2D eigenvalue weighted by Gasteiger charge is -2.38. The number of hydrogen-bond donors (Lipinski definition) is 2. The molecule has 4 heteroatoms. The van der Waals surface area contributed by atoms with E-state index in [-0.39, 0.29) is 6.61 Å². The molecule has 2 saturated heterocycles. The van der Waals surface area contributed by atoms with Gasteiger partial charge in [-0.1, -0.05) is 0 Å². The van der Waals surface area contributed by atoms with Gasteiger partial charge in [-0.3, -0.25) is 4.90 Å². The minimum Gasteiger partial charge on any atom is -0.394 e. The van der Waals surface area contributed by atoms with Gasteiger partial charge in [0, 0.05) is 37.8 Å². The van der Waals surface area contributed by atoms with Crippen molar-refractivity contribution >= 4 is 0 Å². The zero-order chi connectivity index (χ0) is 10.2. The number of aliphatic hydroxyl groups excluding tert-OH is 1. The van der Waals surface area contributed by atoms with Crippen LogP contribution in [0.1, 0.15) is 13.3 Å². The van der Waals surface area contributed by atoms with E-state index in [1.165, 1.54) is 19.5 Å². The summed E-state index contributed by atoms with van der Waals surface area (Å²) in [4.78, 5) is 4.95. The van der Waals surface area contributed by atoms with Crippen molar-refractivity contribution < 1.29 is 5.11 Å². The Hall–Kier alpha value is -0.160. The second-order valence-electron chi connectivity index (χ2n) is 5.03. The highest BCUT2D eigenvalue weighted by molar-refractivity contribution is 4.93. The van der Waals surface area contributed by atoms with E-state index in [9.17, 15) is 0 Å². The molecule has 2 aliphatic rings. The summed E-state index contributed by atoms with van der Waals surface area (Å²) >= 11 is 0. The predicted molar refractivity (Wildman–Crippen MR) is 56.1 cm³/mol. The van der Waals surface area contributed by atoms with E-state index < -0.39 is 5.54 Å². The second-order valence-corrected chi connectivity index (χ2v) is 5.03. The minimum atomic E-state index is -0.440. The standard InChI is InChI=1S/C10H21N3O/c1-10(11,8-14)7-13-5-4-12-3-2-9(13)6-12/h9,14H,2-8,11H2,1H3. The van der Waals surface area contributed by atoms with Gasteiger partial charge in [0.25, 0.3) is 0 Å². The van der Waals surface area contributed by atoms with Gasteiger partial charge in [0.15, 0.2) is 0 Å². The van der Waals surface area contributed by atoms with Gasteiger partial charge in [-0.2, -0.15) is 0 Å². The highest BCUT2D eigenvalue weighted by Gasteiger charge is 2.34. The highest BCUT2D eigenvalue weighted by Crippen LogP contribution is 2.21. The maximum absolute atomic E-state index is 9.13. The summed E-state index contributed by atoms with van der Waals surface area (Å²) in [6, 6.07) is 0.679. The Labute approximate surface area is 85.7 Å². The fraction of sp³-hybridized carbons (Fsp3) is 1.00. The van der Waals surface area contributed by atoms with Crippen molar-refractivity contribution in [3.8, 4) is 0 Å². The van der Waals surface area contributed by atoms with Gasteiger partial charge < -0.3 is 15.7 Å². The molecule has 0 aromatic heterocycles. The van der Waals surface area contributed by atoms with E-state index in [0.717, 1.165) is 19.6 Å². The molecule has 0 aliphatic carbocycles. The van der Waals surface area contributed by atoms with Crippen LogP contribution in [0.2, 0.25) is 0 Å². The maximum Gasteiger partial charge on any atom is 0.0621 e. The van der Waals surface area contributed by atoms with Crippen molar-refractivity contribution in [2.75, 3.05) is 39.3 Å². The first-order valence-electron chi connectivity index (χ1n) is 5.47. The summed E-state index contributed by atoms with van der Waals surface area (Å²) in [6.45, 7) is 7.52. The van der Waals surface area contributed by atoms with Crippen molar-refractivity contribution in [2.24, 2.45) is 5.73 Å². The molecule has 2 fully saturated rings. The van der Waals surface area contributed by atoms with Crippen LogP contribution in [0, 0.1) is 0 Å². The van der Waals surface area contributed by atoms with Crippen LogP contribution in [0.15, 0.2) is 0 Å². The molecule has 0 aromatic carbocycles. The predicted octanol–water partition coefficient (Wildman–Crippen LogP) is -0.914. The molecule has 0 aromatic rings. The third kappa shape index (κ3) is 2.08. The molecule has 2 bridgehead atoms. The molecule has 3 unspecified atom stereocenters. The molecular weight excluding hydrogens is 178 g/mol. The van der Waals surface area contributed by atoms with Crippen LogP contribution >= 0.6 is 0 Å². The quantitative estimate of drug-likeness (QED) is 0.617. The monoisotopic (exact) mass is 199 g/mol. The average Bonchev–Trinajstić information content (AvgIpc) is 2.54. The SMILES string of the molecule is CC(N)(CO)CN1CCN2CCC1C2. The van der Waals surface area contributed by atoms with Crippen molar-refractivity contribution in [2.45, 2.75) is 24.9 Å². The third-order valence-electron chi connectivity index (χ3n) is 3.39. The third-order valence-corrected chi connectivity index (χ3v) is 3.39. The maximum atomic E-state index is 9.13. The number of nitrogens with two attached hydrogens (primary N) is 1. The zero-order valence-corrected chi connectivity index (χ0v) is 8.95. The second kappa shape index (κ2) is 3.77. The lowest BCUT2D eigenvalue weighted by atomic mass is 10.0. The Balaban J connectivity index is 1.92. The number of nitrogens with zero attached hydrogens (tertiary/aromatic N) is 2. The topological polar surface area (TPSA) is 52.7 Å². The molecule has 2 aliphatic heterocycles. The van der Waals surface area contributed by atoms with Crippen molar-refractivity contribution in [3.63, 3.8) is 0 Å². The molecule has 0 radical (unpaired) electrons. The molecule has 0 saturated carbocycles. The lowest BCUT2D eigenvalue weighted by Crippen LogP contribution is -2.56. The van der Waals surface area contributed by atoms with Gasteiger partial charge in [-0.05, 0) is 19.9 Å². The van der Waals surface area contributed by atoms with Gasteiger partial charge in [-0.25, -0.2) is 0 Å². The number of fused-ring (bicyclic) bond motifs is 2.